The van der Waals surface area contributed by atoms with Crippen molar-refractivity contribution < 1.29 is 23.8 Å². The summed E-state index contributed by atoms with van der Waals surface area (Å²) < 4.78 is 24.6. The quantitative estimate of drug-likeness (QED) is 0.595. The normalized spacial score (nSPS) is 10.8. The topological polar surface area (TPSA) is 68.1 Å². The summed E-state index contributed by atoms with van der Waals surface area (Å²) in [7, 11) is 1.54. The van der Waals surface area contributed by atoms with Gasteiger partial charge in [0.2, 0.25) is 0 Å². The van der Waals surface area contributed by atoms with E-state index in [0.29, 0.717) is 22.7 Å². The van der Waals surface area contributed by atoms with Crippen LogP contribution in [0.3, 0.4) is 0 Å². The lowest BCUT2D eigenvalue weighted by atomic mass is 10.1. The number of para-hydroxylation sites is 1. The number of methoxy groups -OCH3 is 1. The van der Waals surface area contributed by atoms with Gasteiger partial charge in [0.05, 0.1) is 18.4 Å². The van der Waals surface area contributed by atoms with Crippen LogP contribution in [0.5, 0.6) is 11.5 Å². The fourth-order valence-corrected chi connectivity index (χ4v) is 2.55. The van der Waals surface area contributed by atoms with Crippen molar-refractivity contribution in [2.24, 2.45) is 4.99 Å². The Morgan fingerprint density at radius 3 is 2.54 bits per heavy atom. The van der Waals surface area contributed by atoms with Crippen LogP contribution in [0.4, 0.5) is 10.1 Å². The summed E-state index contributed by atoms with van der Waals surface area (Å²) in [6.45, 7) is 0.223. The van der Waals surface area contributed by atoms with Gasteiger partial charge >= 0.3 is 5.97 Å². The molecule has 0 heterocycles. The van der Waals surface area contributed by atoms with E-state index < -0.39 is 5.97 Å². The fourth-order valence-electron chi connectivity index (χ4n) is 2.55. The molecule has 0 saturated carbocycles. The number of hydrogen-bond acceptors (Lipinski definition) is 4. The zero-order valence-corrected chi connectivity index (χ0v) is 15.1. The number of halogens is 1. The van der Waals surface area contributed by atoms with Crippen molar-refractivity contribution in [3.05, 3.63) is 89.2 Å². The van der Waals surface area contributed by atoms with Crippen LogP contribution in [0.15, 0.2) is 71.7 Å². The number of nitrogens with zero attached hydrogens (tertiary/aromatic N) is 1. The van der Waals surface area contributed by atoms with Crippen molar-refractivity contribution in [2.75, 3.05) is 7.11 Å². The third-order valence-electron chi connectivity index (χ3n) is 3.97. The second-order valence-electron chi connectivity index (χ2n) is 5.91. The summed E-state index contributed by atoms with van der Waals surface area (Å²) in [5.74, 6) is -0.313. The minimum Gasteiger partial charge on any atom is -0.493 e. The highest BCUT2D eigenvalue weighted by Crippen LogP contribution is 2.31. The van der Waals surface area contributed by atoms with E-state index in [0.717, 1.165) is 5.56 Å². The lowest BCUT2D eigenvalue weighted by molar-refractivity contribution is 0.0697. The molecule has 3 aromatic carbocycles. The Kier molecular flexibility index (Phi) is 6.01. The Balaban J connectivity index is 1.82. The molecule has 3 aromatic rings. The fraction of sp³-hybridized carbons (Fsp3) is 0.0909. The van der Waals surface area contributed by atoms with E-state index in [9.17, 15) is 9.18 Å². The first-order valence-corrected chi connectivity index (χ1v) is 8.48. The number of carbonyl (C=O) groups is 1. The number of rotatable bonds is 7. The van der Waals surface area contributed by atoms with E-state index in [1.165, 1.54) is 31.4 Å². The summed E-state index contributed by atoms with van der Waals surface area (Å²) in [4.78, 5) is 15.2. The molecule has 0 aliphatic carbocycles. The Bertz CT molecular complexity index is 1000. The van der Waals surface area contributed by atoms with Gasteiger partial charge in [-0.05, 0) is 48.0 Å². The van der Waals surface area contributed by atoms with E-state index in [2.05, 4.69) is 4.99 Å². The van der Waals surface area contributed by atoms with Crippen LogP contribution < -0.4 is 9.47 Å². The first-order chi connectivity index (χ1) is 13.6. The first-order valence-electron chi connectivity index (χ1n) is 8.48. The molecule has 0 amide bonds. The standard InChI is InChI=1S/C22H18FNO4/c1-27-20-7-2-4-17(13-24-19-6-3-5-18(23)12-19)21(20)28-14-15-8-10-16(11-9-15)22(25)26/h2-13H,14H2,1H3,(H,25,26). The van der Waals surface area contributed by atoms with Crippen molar-refractivity contribution in [2.45, 2.75) is 6.61 Å². The third-order valence-corrected chi connectivity index (χ3v) is 3.97. The van der Waals surface area contributed by atoms with Gasteiger partial charge in [0.25, 0.3) is 0 Å². The molecule has 6 heteroatoms. The molecule has 28 heavy (non-hydrogen) atoms. The maximum Gasteiger partial charge on any atom is 0.335 e. The monoisotopic (exact) mass is 379 g/mol. The predicted molar refractivity (Wildman–Crippen MR) is 104 cm³/mol. The Hall–Kier alpha value is -3.67. The number of aliphatic imine (C=N–C) groups is 1. The highest BCUT2D eigenvalue weighted by Gasteiger charge is 2.10. The molecule has 3 rings (SSSR count). The second-order valence-corrected chi connectivity index (χ2v) is 5.91. The lowest BCUT2D eigenvalue weighted by Gasteiger charge is -2.13. The number of aromatic carboxylic acids is 1. The zero-order valence-electron chi connectivity index (χ0n) is 15.1. The molecule has 0 aliphatic rings. The van der Waals surface area contributed by atoms with E-state index in [-0.39, 0.29) is 18.0 Å². The highest BCUT2D eigenvalue weighted by atomic mass is 19.1. The molecule has 0 fully saturated rings. The van der Waals surface area contributed by atoms with E-state index in [1.807, 2.05) is 6.07 Å². The molecule has 0 aliphatic heterocycles. The summed E-state index contributed by atoms with van der Waals surface area (Å²) >= 11 is 0. The molecule has 0 saturated heterocycles. The predicted octanol–water partition coefficient (Wildman–Crippen LogP) is 4.86. The summed E-state index contributed by atoms with van der Waals surface area (Å²) in [5.41, 5.74) is 2.18. The van der Waals surface area contributed by atoms with Gasteiger partial charge in [-0.15, -0.1) is 0 Å². The number of carboxylic acid groups (broad SMARTS) is 1. The summed E-state index contributed by atoms with van der Waals surface area (Å²) in [6, 6.07) is 17.8. The molecular formula is C22H18FNO4. The molecule has 0 bridgehead atoms. The van der Waals surface area contributed by atoms with Crippen molar-refractivity contribution in [1.82, 2.24) is 0 Å². The minimum atomic E-state index is -0.979. The molecule has 0 atom stereocenters. The second kappa shape index (κ2) is 8.81. The number of benzene rings is 3. The number of ether oxygens (including phenoxy) is 2. The van der Waals surface area contributed by atoms with Crippen molar-refractivity contribution >= 4 is 17.9 Å². The van der Waals surface area contributed by atoms with Gasteiger partial charge in [-0.2, -0.15) is 0 Å². The summed E-state index contributed by atoms with van der Waals surface area (Å²) in [6.07, 6.45) is 1.58. The smallest absolute Gasteiger partial charge is 0.335 e. The van der Waals surface area contributed by atoms with Crippen LogP contribution in [0, 0.1) is 5.82 Å². The molecule has 0 spiro atoms. The maximum absolute atomic E-state index is 13.3. The number of carboxylic acids is 1. The maximum atomic E-state index is 13.3. The average Bonchev–Trinajstić information content (AvgIpc) is 2.71. The molecule has 0 aromatic heterocycles. The van der Waals surface area contributed by atoms with Crippen molar-refractivity contribution in [3.63, 3.8) is 0 Å². The average molecular weight is 379 g/mol. The van der Waals surface area contributed by atoms with Crippen LogP contribution in [0.1, 0.15) is 21.5 Å². The molecule has 0 unspecified atom stereocenters. The van der Waals surface area contributed by atoms with Crippen LogP contribution in [-0.2, 0) is 6.61 Å². The van der Waals surface area contributed by atoms with Crippen LogP contribution in [-0.4, -0.2) is 24.4 Å². The van der Waals surface area contributed by atoms with Gasteiger partial charge in [0.1, 0.15) is 12.4 Å². The van der Waals surface area contributed by atoms with Gasteiger partial charge in [0, 0.05) is 11.8 Å². The highest BCUT2D eigenvalue weighted by molar-refractivity contribution is 5.87. The molecule has 0 radical (unpaired) electrons. The molecule has 5 nitrogen and oxygen atoms in total. The Labute approximate surface area is 161 Å². The SMILES string of the molecule is COc1cccc(C=Nc2cccc(F)c2)c1OCc1ccc(C(=O)O)cc1. The zero-order chi connectivity index (χ0) is 19.9. The lowest BCUT2D eigenvalue weighted by Crippen LogP contribution is -2.02. The van der Waals surface area contributed by atoms with Gasteiger partial charge in [-0.1, -0.05) is 24.3 Å². The Morgan fingerprint density at radius 1 is 1.11 bits per heavy atom. The first kappa shape index (κ1) is 19.1. The van der Waals surface area contributed by atoms with Crippen LogP contribution in [0.2, 0.25) is 0 Å². The molecule has 142 valence electrons. The minimum absolute atomic E-state index is 0.212. The van der Waals surface area contributed by atoms with Gasteiger partial charge < -0.3 is 14.6 Å². The van der Waals surface area contributed by atoms with Crippen LogP contribution >= 0.6 is 0 Å². The van der Waals surface area contributed by atoms with Crippen LogP contribution in [0.25, 0.3) is 0 Å². The Morgan fingerprint density at radius 2 is 1.86 bits per heavy atom. The third kappa shape index (κ3) is 4.73. The van der Waals surface area contributed by atoms with E-state index in [4.69, 9.17) is 14.6 Å². The largest absolute Gasteiger partial charge is 0.493 e. The van der Waals surface area contributed by atoms with Crippen molar-refractivity contribution in [1.29, 1.82) is 0 Å². The van der Waals surface area contributed by atoms with E-state index in [1.54, 1.807) is 42.6 Å². The molecule has 1 N–H and O–H groups in total. The summed E-state index contributed by atoms with van der Waals surface area (Å²) in [5, 5.41) is 8.97. The van der Waals surface area contributed by atoms with Crippen molar-refractivity contribution in [3.8, 4) is 11.5 Å². The van der Waals surface area contributed by atoms with Gasteiger partial charge in [-0.25, -0.2) is 9.18 Å². The number of hydrogen-bond donors (Lipinski definition) is 1. The van der Waals surface area contributed by atoms with Gasteiger partial charge in [0.15, 0.2) is 11.5 Å². The van der Waals surface area contributed by atoms with Gasteiger partial charge in [-0.3, -0.25) is 4.99 Å². The molecular weight excluding hydrogens is 361 g/mol. The van der Waals surface area contributed by atoms with E-state index >= 15 is 0 Å².